The molecule has 0 aromatic rings. The molecule has 2 N–H and O–H groups in total. The lowest BCUT2D eigenvalue weighted by Gasteiger charge is -2.27. The van der Waals surface area contributed by atoms with Gasteiger partial charge < -0.3 is 20.2 Å². The van der Waals surface area contributed by atoms with Gasteiger partial charge >= 0.3 is 6.09 Å². The zero-order valence-electron chi connectivity index (χ0n) is 11.6. The molecule has 0 radical (unpaired) electrons. The minimum Gasteiger partial charge on any atom is -0.444 e. The van der Waals surface area contributed by atoms with Gasteiger partial charge in [0, 0.05) is 25.0 Å². The van der Waals surface area contributed by atoms with Gasteiger partial charge in [-0.3, -0.25) is 0 Å². The average molecular weight is 256 g/mol. The van der Waals surface area contributed by atoms with Gasteiger partial charge in [-0.15, -0.1) is 0 Å². The molecular formula is C13H24N2O3. The van der Waals surface area contributed by atoms with E-state index in [1.807, 2.05) is 20.8 Å². The molecule has 104 valence electrons. The molecule has 1 atom stereocenters. The fourth-order valence-corrected chi connectivity index (χ4v) is 2.10. The standard InChI is InChI=1S/C13H24N2O3/c1-12(2,3)18-11(17)15-8-4-5-13(14,6-9-15)7-10-16/h10H,4-9,14H2,1-3H3. The van der Waals surface area contributed by atoms with Gasteiger partial charge in [-0.05, 0) is 40.0 Å². The van der Waals surface area contributed by atoms with Gasteiger partial charge in [0.05, 0.1) is 0 Å². The summed E-state index contributed by atoms with van der Waals surface area (Å²) in [6.07, 6.45) is 3.15. The van der Waals surface area contributed by atoms with Crippen LogP contribution in [-0.2, 0) is 9.53 Å². The minimum absolute atomic E-state index is 0.294. The molecule has 18 heavy (non-hydrogen) atoms. The van der Waals surface area contributed by atoms with Gasteiger partial charge in [-0.25, -0.2) is 4.79 Å². The van der Waals surface area contributed by atoms with Gasteiger partial charge in [-0.2, -0.15) is 0 Å². The Balaban J connectivity index is 2.56. The second-order valence-electron chi connectivity index (χ2n) is 6.05. The maximum atomic E-state index is 11.9. The van der Waals surface area contributed by atoms with Crippen molar-refractivity contribution < 1.29 is 14.3 Å². The number of rotatable bonds is 2. The lowest BCUT2D eigenvalue weighted by atomic mass is 9.89. The number of carbonyl (C=O) groups is 2. The van der Waals surface area contributed by atoms with Crippen molar-refractivity contribution in [3.05, 3.63) is 0 Å². The first-order chi connectivity index (χ1) is 8.26. The third-order valence-electron chi connectivity index (χ3n) is 3.12. The second-order valence-corrected chi connectivity index (χ2v) is 6.05. The van der Waals surface area contributed by atoms with Gasteiger partial charge in [-0.1, -0.05) is 0 Å². The fourth-order valence-electron chi connectivity index (χ4n) is 2.10. The first-order valence-corrected chi connectivity index (χ1v) is 6.46. The summed E-state index contributed by atoms with van der Waals surface area (Å²) in [6, 6.07) is 0. The molecule has 0 aromatic carbocycles. The molecule has 1 saturated heterocycles. The third kappa shape index (κ3) is 4.64. The van der Waals surface area contributed by atoms with Crippen LogP contribution in [0, 0.1) is 0 Å². The van der Waals surface area contributed by atoms with Crippen LogP contribution in [0.4, 0.5) is 4.79 Å². The Bertz CT molecular complexity index is 312. The summed E-state index contributed by atoms with van der Waals surface area (Å²) >= 11 is 0. The Morgan fingerprint density at radius 2 is 2.06 bits per heavy atom. The van der Waals surface area contributed by atoms with Crippen LogP contribution in [-0.4, -0.2) is 41.5 Å². The Kier molecular flexibility index (Phi) is 4.73. The molecule has 1 heterocycles. The van der Waals surface area contributed by atoms with Crippen molar-refractivity contribution in [1.82, 2.24) is 4.90 Å². The molecule has 1 aliphatic heterocycles. The van der Waals surface area contributed by atoms with Crippen molar-refractivity contribution >= 4 is 12.4 Å². The number of hydrogen-bond donors (Lipinski definition) is 1. The molecule has 5 heteroatoms. The van der Waals surface area contributed by atoms with E-state index in [1.165, 1.54) is 0 Å². The molecule has 1 amide bonds. The summed E-state index contributed by atoms with van der Waals surface area (Å²) in [5, 5.41) is 0. The van der Waals surface area contributed by atoms with E-state index in [0.717, 1.165) is 19.1 Å². The van der Waals surface area contributed by atoms with E-state index in [-0.39, 0.29) is 6.09 Å². The topological polar surface area (TPSA) is 72.6 Å². The Labute approximate surface area is 109 Å². The van der Waals surface area contributed by atoms with E-state index in [0.29, 0.717) is 25.9 Å². The number of ether oxygens (including phenoxy) is 1. The molecule has 0 aliphatic carbocycles. The van der Waals surface area contributed by atoms with E-state index in [1.54, 1.807) is 4.90 Å². The van der Waals surface area contributed by atoms with E-state index in [2.05, 4.69) is 0 Å². The van der Waals surface area contributed by atoms with Crippen molar-refractivity contribution in [3.63, 3.8) is 0 Å². The first kappa shape index (κ1) is 15.0. The molecule has 1 aliphatic rings. The third-order valence-corrected chi connectivity index (χ3v) is 3.12. The highest BCUT2D eigenvalue weighted by molar-refractivity contribution is 5.68. The lowest BCUT2D eigenvalue weighted by Crippen LogP contribution is -2.42. The highest BCUT2D eigenvalue weighted by atomic mass is 16.6. The van der Waals surface area contributed by atoms with Crippen LogP contribution < -0.4 is 5.73 Å². The van der Waals surface area contributed by atoms with Crippen LogP contribution in [0.25, 0.3) is 0 Å². The predicted molar refractivity (Wildman–Crippen MR) is 69.3 cm³/mol. The number of likely N-dealkylation sites (tertiary alicyclic amines) is 1. The Hall–Kier alpha value is -1.10. The maximum absolute atomic E-state index is 11.9. The monoisotopic (exact) mass is 256 g/mol. The highest BCUT2D eigenvalue weighted by Gasteiger charge is 2.31. The number of hydrogen-bond acceptors (Lipinski definition) is 4. The molecular weight excluding hydrogens is 232 g/mol. The van der Waals surface area contributed by atoms with E-state index in [9.17, 15) is 9.59 Å². The summed E-state index contributed by atoms with van der Waals surface area (Å²) in [5.41, 5.74) is 5.21. The second kappa shape index (κ2) is 5.69. The van der Waals surface area contributed by atoms with Gasteiger partial charge in [0.1, 0.15) is 11.9 Å². The first-order valence-electron chi connectivity index (χ1n) is 6.46. The molecule has 0 spiro atoms. The molecule has 1 fully saturated rings. The van der Waals surface area contributed by atoms with E-state index in [4.69, 9.17) is 10.5 Å². The highest BCUT2D eigenvalue weighted by Crippen LogP contribution is 2.23. The molecule has 0 saturated carbocycles. The number of nitrogens with two attached hydrogens (primary N) is 1. The van der Waals surface area contributed by atoms with E-state index >= 15 is 0 Å². The zero-order chi connectivity index (χ0) is 13.8. The predicted octanol–water partition coefficient (Wildman–Crippen LogP) is 1.69. The molecule has 1 rings (SSSR count). The fraction of sp³-hybridized carbons (Fsp3) is 0.846. The normalized spacial score (nSPS) is 25.4. The number of aldehydes is 1. The largest absolute Gasteiger partial charge is 0.444 e. The van der Waals surface area contributed by atoms with Crippen molar-refractivity contribution in [1.29, 1.82) is 0 Å². The maximum Gasteiger partial charge on any atom is 0.410 e. The summed E-state index contributed by atoms with van der Waals surface area (Å²) in [4.78, 5) is 24.2. The SMILES string of the molecule is CC(C)(C)OC(=O)N1CCCC(N)(CC=O)CC1. The van der Waals surface area contributed by atoms with Crippen molar-refractivity contribution in [2.75, 3.05) is 13.1 Å². The van der Waals surface area contributed by atoms with Gasteiger partial charge in [0.25, 0.3) is 0 Å². The van der Waals surface area contributed by atoms with Crippen LogP contribution >= 0.6 is 0 Å². The summed E-state index contributed by atoms with van der Waals surface area (Å²) < 4.78 is 5.34. The van der Waals surface area contributed by atoms with Crippen molar-refractivity contribution in [2.24, 2.45) is 5.73 Å². The lowest BCUT2D eigenvalue weighted by molar-refractivity contribution is -0.108. The number of carbonyl (C=O) groups excluding carboxylic acids is 2. The average Bonchev–Trinajstić information content (AvgIpc) is 2.38. The molecule has 1 unspecified atom stereocenters. The Morgan fingerprint density at radius 1 is 1.39 bits per heavy atom. The smallest absolute Gasteiger partial charge is 0.410 e. The van der Waals surface area contributed by atoms with Crippen LogP contribution in [0.2, 0.25) is 0 Å². The van der Waals surface area contributed by atoms with Gasteiger partial charge in [0.15, 0.2) is 0 Å². The Morgan fingerprint density at radius 3 is 2.61 bits per heavy atom. The van der Waals surface area contributed by atoms with Gasteiger partial charge in [0.2, 0.25) is 0 Å². The molecule has 0 bridgehead atoms. The van der Waals surface area contributed by atoms with Crippen molar-refractivity contribution in [3.8, 4) is 0 Å². The van der Waals surface area contributed by atoms with Crippen LogP contribution in [0.5, 0.6) is 0 Å². The number of amides is 1. The quantitative estimate of drug-likeness (QED) is 0.763. The number of nitrogens with zero attached hydrogens (tertiary/aromatic N) is 1. The molecule has 0 aromatic heterocycles. The molecule has 5 nitrogen and oxygen atoms in total. The van der Waals surface area contributed by atoms with Crippen LogP contribution in [0.15, 0.2) is 0 Å². The summed E-state index contributed by atoms with van der Waals surface area (Å²) in [5.74, 6) is 0. The van der Waals surface area contributed by atoms with Crippen LogP contribution in [0.1, 0.15) is 46.5 Å². The minimum atomic E-state index is -0.480. The van der Waals surface area contributed by atoms with Crippen LogP contribution in [0.3, 0.4) is 0 Å². The summed E-state index contributed by atoms with van der Waals surface area (Å²) in [7, 11) is 0. The van der Waals surface area contributed by atoms with E-state index < -0.39 is 11.1 Å². The van der Waals surface area contributed by atoms with Crippen molar-refractivity contribution in [2.45, 2.75) is 57.6 Å². The summed E-state index contributed by atoms with van der Waals surface area (Å²) in [6.45, 7) is 6.75. The zero-order valence-corrected chi connectivity index (χ0v) is 11.6.